The van der Waals surface area contributed by atoms with Gasteiger partial charge in [-0.2, -0.15) is 0 Å². The number of hydrogen-bond donors (Lipinski definition) is 1. The Morgan fingerprint density at radius 2 is 2.00 bits per heavy atom. The van der Waals surface area contributed by atoms with E-state index in [2.05, 4.69) is 0 Å². The lowest BCUT2D eigenvalue weighted by Crippen LogP contribution is -1.94. The second-order valence-electron chi connectivity index (χ2n) is 1.77. The molecule has 0 radical (unpaired) electrons. The molecule has 0 atom stereocenters. The van der Waals surface area contributed by atoms with Crippen LogP contribution in [0, 0.1) is 0 Å². The molecule has 0 bridgehead atoms. The minimum atomic E-state index is -1.06. The van der Waals surface area contributed by atoms with E-state index in [1.165, 1.54) is 0 Å². The monoisotopic (exact) mass is 87.1 g/mol. The van der Waals surface area contributed by atoms with E-state index in [0.717, 1.165) is 12.8 Å². The van der Waals surface area contributed by atoms with Crippen LogP contribution in [0.3, 0.4) is 0 Å². The quantitative estimate of drug-likeness (QED) is 0.466. The van der Waals surface area contributed by atoms with Crippen molar-refractivity contribution in [3.8, 4) is 0 Å². The fourth-order valence-electron chi connectivity index (χ4n) is 0.783. The maximum Gasteiger partial charge on any atom is 0.0600 e. The van der Waals surface area contributed by atoms with Crippen molar-refractivity contribution in [2.24, 2.45) is 0 Å². The highest BCUT2D eigenvalue weighted by Crippen LogP contribution is 2.16. The van der Waals surface area contributed by atoms with Crippen LogP contribution in [0.15, 0.2) is 0 Å². The van der Waals surface area contributed by atoms with Gasteiger partial charge in [-0.1, -0.05) is 12.8 Å². The highest BCUT2D eigenvalue weighted by atomic mass is 16.3. The molecule has 0 aromatic carbocycles. The topological polar surface area (TPSA) is 20.2 Å². The Balaban J connectivity index is 2.40. The van der Waals surface area contributed by atoms with Crippen LogP contribution in [-0.4, -0.2) is 11.2 Å². The van der Waals surface area contributed by atoms with Crippen molar-refractivity contribution in [3.05, 3.63) is 0 Å². The Hall–Kier alpha value is -0.0400. The van der Waals surface area contributed by atoms with Crippen molar-refractivity contribution in [2.45, 2.75) is 31.8 Å². The van der Waals surface area contributed by atoms with Gasteiger partial charge in [0.15, 0.2) is 0 Å². The Morgan fingerprint density at radius 1 is 1.50 bits per heavy atom. The Labute approximate surface area is 39.4 Å². The number of aliphatic hydroxyl groups is 1. The Bertz CT molecular complexity index is 62.5. The number of rotatable bonds is 0. The summed E-state index contributed by atoms with van der Waals surface area (Å²) in [7, 11) is 0. The molecule has 1 nitrogen and oxygen atoms in total. The van der Waals surface area contributed by atoms with Gasteiger partial charge in [-0.15, -0.1) is 0 Å². The van der Waals surface area contributed by atoms with Crippen LogP contribution in [0.2, 0.25) is 0 Å². The predicted octanol–water partition coefficient (Wildman–Crippen LogP) is 0.921. The zero-order chi connectivity index (χ0) is 5.33. The van der Waals surface area contributed by atoms with Crippen LogP contribution in [0.25, 0.3) is 0 Å². The fraction of sp³-hybridized carbons (Fsp3) is 1.00. The second-order valence-corrected chi connectivity index (χ2v) is 1.77. The summed E-state index contributed by atoms with van der Waals surface area (Å²) in [5.74, 6) is 0. The summed E-state index contributed by atoms with van der Waals surface area (Å²) in [6, 6.07) is 0. The van der Waals surface area contributed by atoms with Crippen molar-refractivity contribution in [2.75, 3.05) is 0 Å². The van der Waals surface area contributed by atoms with Gasteiger partial charge in [0.05, 0.1) is 7.45 Å². The van der Waals surface area contributed by atoms with E-state index in [0.29, 0.717) is 12.8 Å². The Morgan fingerprint density at radius 3 is 2.17 bits per heavy atom. The third kappa shape index (κ3) is 0.716. The van der Waals surface area contributed by atoms with Crippen LogP contribution in [0.1, 0.15) is 27.1 Å². The molecule has 0 aromatic rings. The van der Waals surface area contributed by atoms with Gasteiger partial charge < -0.3 is 5.11 Å². The summed E-state index contributed by atoms with van der Waals surface area (Å²) < 4.78 is 7.04. The van der Waals surface area contributed by atoms with Crippen molar-refractivity contribution in [1.29, 1.82) is 0 Å². The molecule has 1 aliphatic carbocycles. The largest absolute Gasteiger partial charge is 0.393 e. The van der Waals surface area contributed by atoms with Gasteiger partial charge in [0.2, 0.25) is 0 Å². The molecule has 0 aromatic heterocycles. The molecule has 0 unspecified atom stereocenters. The molecule has 0 aliphatic heterocycles. The molecule has 1 saturated carbocycles. The molecule has 0 saturated heterocycles. The Kier molecular flexibility index (Phi) is 0.810. The van der Waals surface area contributed by atoms with E-state index in [1.807, 2.05) is 0 Å². The average molecular weight is 87.1 g/mol. The molecule has 0 heterocycles. The minimum Gasteiger partial charge on any atom is -0.393 e. The minimum absolute atomic E-state index is 0.674. The molecule has 1 heteroatoms. The van der Waals surface area contributed by atoms with Crippen LogP contribution in [0.5, 0.6) is 0 Å². The lowest BCUT2D eigenvalue weighted by Gasteiger charge is -1.91. The molecule has 0 spiro atoms. The summed E-state index contributed by atoms with van der Waals surface area (Å²) in [6.45, 7) is 0. The van der Waals surface area contributed by atoms with E-state index in [9.17, 15) is 0 Å². The first-order chi connectivity index (χ1) is 3.21. The van der Waals surface area contributed by atoms with Gasteiger partial charge in [-0.25, -0.2) is 0 Å². The van der Waals surface area contributed by atoms with Gasteiger partial charge in [-0.05, 0) is 12.8 Å². The predicted molar refractivity (Wildman–Crippen MR) is 24.5 cm³/mol. The zero-order valence-electron chi connectivity index (χ0n) is 4.78. The molecule has 1 fully saturated rings. The van der Waals surface area contributed by atoms with Crippen molar-refractivity contribution in [3.63, 3.8) is 0 Å². The zero-order valence-corrected chi connectivity index (χ0v) is 3.78. The molecular weight excluding hydrogens is 76.1 g/mol. The standard InChI is InChI=1S/C5H10O/c6-5-3-1-2-4-5/h5-6H,1-4H2/i5D. The summed E-state index contributed by atoms with van der Waals surface area (Å²) in [5, 5.41) is 8.86. The van der Waals surface area contributed by atoms with Gasteiger partial charge in [0.25, 0.3) is 0 Å². The highest BCUT2D eigenvalue weighted by Gasteiger charge is 2.09. The first-order valence-corrected chi connectivity index (χ1v) is 2.43. The first-order valence-electron chi connectivity index (χ1n) is 2.93. The van der Waals surface area contributed by atoms with Crippen molar-refractivity contribution < 1.29 is 6.48 Å². The summed E-state index contributed by atoms with van der Waals surface area (Å²) in [4.78, 5) is 0. The summed E-state index contributed by atoms with van der Waals surface area (Å²) in [6.07, 6.45) is 2.35. The van der Waals surface area contributed by atoms with Gasteiger partial charge in [0, 0.05) is 0 Å². The lowest BCUT2D eigenvalue weighted by molar-refractivity contribution is 0.183. The third-order valence-corrected chi connectivity index (χ3v) is 1.18. The van der Waals surface area contributed by atoms with Crippen LogP contribution >= 0.6 is 0 Å². The number of hydrogen-bond acceptors (Lipinski definition) is 1. The maximum atomic E-state index is 8.86. The van der Waals surface area contributed by atoms with E-state index in [1.54, 1.807) is 0 Å². The van der Waals surface area contributed by atoms with Gasteiger partial charge >= 0.3 is 0 Å². The first kappa shape index (κ1) is 3.03. The van der Waals surface area contributed by atoms with E-state index in [4.69, 9.17) is 6.48 Å². The third-order valence-electron chi connectivity index (χ3n) is 1.18. The molecule has 1 aliphatic rings. The summed E-state index contributed by atoms with van der Waals surface area (Å²) in [5.41, 5.74) is 0. The molecular formula is C5H10O. The summed E-state index contributed by atoms with van der Waals surface area (Å²) >= 11 is 0. The van der Waals surface area contributed by atoms with Gasteiger partial charge in [-0.3, -0.25) is 0 Å². The maximum absolute atomic E-state index is 8.86. The molecule has 1 N–H and O–H groups in total. The normalized spacial score (nSPS) is 33.2. The highest BCUT2D eigenvalue weighted by molar-refractivity contribution is 4.63. The van der Waals surface area contributed by atoms with E-state index in [-0.39, 0.29) is 0 Å². The SMILES string of the molecule is [2H]C1(O)CCCC1. The fourth-order valence-corrected chi connectivity index (χ4v) is 0.783. The molecule has 1 rings (SSSR count). The van der Waals surface area contributed by atoms with Crippen LogP contribution < -0.4 is 0 Å². The van der Waals surface area contributed by atoms with E-state index >= 15 is 0 Å². The molecule has 6 heavy (non-hydrogen) atoms. The van der Waals surface area contributed by atoms with Crippen LogP contribution in [0.4, 0.5) is 0 Å². The molecule has 36 valence electrons. The smallest absolute Gasteiger partial charge is 0.0600 e. The lowest BCUT2D eigenvalue weighted by atomic mass is 10.3. The van der Waals surface area contributed by atoms with Crippen molar-refractivity contribution in [1.82, 2.24) is 0 Å². The van der Waals surface area contributed by atoms with Crippen molar-refractivity contribution >= 4 is 0 Å². The van der Waals surface area contributed by atoms with Crippen LogP contribution in [-0.2, 0) is 0 Å². The van der Waals surface area contributed by atoms with Gasteiger partial charge in [0.1, 0.15) is 0 Å². The average Bonchev–Trinajstić information content (AvgIpc) is 1.84. The van der Waals surface area contributed by atoms with E-state index < -0.39 is 6.08 Å². The second kappa shape index (κ2) is 1.61. The molecule has 0 amide bonds.